The van der Waals surface area contributed by atoms with E-state index in [-0.39, 0.29) is 11.0 Å². The van der Waals surface area contributed by atoms with Crippen molar-refractivity contribution in [1.82, 2.24) is 9.97 Å². The van der Waals surface area contributed by atoms with Crippen molar-refractivity contribution in [3.63, 3.8) is 0 Å². The highest BCUT2D eigenvalue weighted by Gasteiger charge is 2.35. The summed E-state index contributed by atoms with van der Waals surface area (Å²) in [5.74, 6) is -0.548. The third kappa shape index (κ3) is 4.51. The molecule has 3 nitrogen and oxygen atoms in total. The van der Waals surface area contributed by atoms with Crippen LogP contribution in [0.5, 0.6) is 0 Å². The van der Waals surface area contributed by atoms with Crippen LogP contribution >= 0.6 is 11.6 Å². The van der Waals surface area contributed by atoms with Gasteiger partial charge in [-0.15, -0.1) is 0 Å². The molecule has 0 spiro atoms. The Labute approximate surface area is 122 Å². The van der Waals surface area contributed by atoms with Crippen molar-refractivity contribution < 1.29 is 13.2 Å². The van der Waals surface area contributed by atoms with Gasteiger partial charge in [0.2, 0.25) is 5.82 Å². The fourth-order valence-electron chi connectivity index (χ4n) is 1.94. The van der Waals surface area contributed by atoms with Gasteiger partial charge in [0.05, 0.1) is 0 Å². The molecule has 0 amide bonds. The van der Waals surface area contributed by atoms with Crippen LogP contribution in [-0.4, -0.2) is 23.1 Å². The highest BCUT2D eigenvalue weighted by Crippen LogP contribution is 2.29. The second-order valence-electron chi connectivity index (χ2n) is 4.59. The standard InChI is InChI=1S/C13H19ClF3N3/c1-4-9(5-2)8-20(6-3)11-7-10(14)18-12(19-11)13(15,16)17/h7,9H,4-6,8H2,1-3H3. The van der Waals surface area contributed by atoms with Gasteiger partial charge in [-0.2, -0.15) is 13.2 Å². The summed E-state index contributed by atoms with van der Waals surface area (Å²) in [6.45, 7) is 7.24. The van der Waals surface area contributed by atoms with Crippen LogP contribution in [0.15, 0.2) is 6.07 Å². The maximum atomic E-state index is 12.7. The van der Waals surface area contributed by atoms with E-state index in [9.17, 15) is 13.2 Å². The van der Waals surface area contributed by atoms with Crippen LogP contribution in [0.3, 0.4) is 0 Å². The van der Waals surface area contributed by atoms with Crippen molar-refractivity contribution in [2.75, 3.05) is 18.0 Å². The van der Waals surface area contributed by atoms with Crippen LogP contribution in [0.1, 0.15) is 39.4 Å². The summed E-state index contributed by atoms with van der Waals surface area (Å²) in [5, 5.41) is -0.190. The van der Waals surface area contributed by atoms with Crippen LogP contribution in [-0.2, 0) is 6.18 Å². The van der Waals surface area contributed by atoms with Gasteiger partial charge in [-0.25, -0.2) is 9.97 Å². The van der Waals surface area contributed by atoms with Crippen LogP contribution in [0.25, 0.3) is 0 Å². The Morgan fingerprint density at radius 3 is 2.25 bits per heavy atom. The SMILES string of the molecule is CCC(CC)CN(CC)c1cc(Cl)nc(C(F)(F)F)n1. The first-order chi connectivity index (χ1) is 9.31. The number of aromatic nitrogens is 2. The van der Waals surface area contributed by atoms with E-state index in [4.69, 9.17) is 11.6 Å². The topological polar surface area (TPSA) is 29.0 Å². The van der Waals surface area contributed by atoms with E-state index in [1.165, 1.54) is 6.07 Å². The van der Waals surface area contributed by atoms with Gasteiger partial charge < -0.3 is 4.90 Å². The van der Waals surface area contributed by atoms with Gasteiger partial charge in [-0.05, 0) is 12.8 Å². The first kappa shape index (κ1) is 17.0. The lowest BCUT2D eigenvalue weighted by molar-refractivity contribution is -0.144. The van der Waals surface area contributed by atoms with Gasteiger partial charge in [-0.1, -0.05) is 38.3 Å². The minimum Gasteiger partial charge on any atom is -0.356 e. The molecule has 0 radical (unpaired) electrons. The van der Waals surface area contributed by atoms with Crippen molar-refractivity contribution >= 4 is 17.4 Å². The molecule has 0 aliphatic rings. The quantitative estimate of drug-likeness (QED) is 0.729. The molecule has 0 saturated carbocycles. The third-order valence-corrected chi connectivity index (χ3v) is 3.47. The minimum atomic E-state index is -4.59. The van der Waals surface area contributed by atoms with E-state index in [0.29, 0.717) is 19.0 Å². The molecule has 0 bridgehead atoms. The predicted octanol–water partition coefficient (Wildman–Crippen LogP) is 4.41. The third-order valence-electron chi connectivity index (χ3n) is 3.27. The van der Waals surface area contributed by atoms with Crippen LogP contribution in [0.4, 0.5) is 19.0 Å². The molecule has 1 aromatic heterocycles. The van der Waals surface area contributed by atoms with E-state index in [1.54, 1.807) is 4.90 Å². The summed E-state index contributed by atoms with van der Waals surface area (Å²) in [5.41, 5.74) is 0. The second kappa shape index (κ2) is 7.11. The first-order valence-corrected chi connectivity index (χ1v) is 7.06. The van der Waals surface area contributed by atoms with Crippen molar-refractivity contribution in [2.24, 2.45) is 5.92 Å². The zero-order chi connectivity index (χ0) is 15.3. The Morgan fingerprint density at radius 2 is 1.80 bits per heavy atom. The normalized spacial score (nSPS) is 12.0. The molecule has 20 heavy (non-hydrogen) atoms. The number of halogens is 4. The lowest BCUT2D eigenvalue weighted by atomic mass is 10.0. The fraction of sp³-hybridized carbons (Fsp3) is 0.692. The fourth-order valence-corrected chi connectivity index (χ4v) is 2.12. The van der Waals surface area contributed by atoms with E-state index < -0.39 is 12.0 Å². The van der Waals surface area contributed by atoms with Crippen molar-refractivity contribution in [1.29, 1.82) is 0 Å². The van der Waals surface area contributed by atoms with Crippen LogP contribution < -0.4 is 4.90 Å². The van der Waals surface area contributed by atoms with Crippen LogP contribution in [0, 0.1) is 5.92 Å². The minimum absolute atomic E-state index is 0.190. The van der Waals surface area contributed by atoms with Gasteiger partial charge >= 0.3 is 6.18 Å². The van der Waals surface area contributed by atoms with Crippen molar-refractivity contribution in [3.05, 3.63) is 17.0 Å². The number of anilines is 1. The molecule has 0 unspecified atom stereocenters. The van der Waals surface area contributed by atoms with Crippen molar-refractivity contribution in [3.8, 4) is 0 Å². The lowest BCUT2D eigenvalue weighted by Gasteiger charge is -2.26. The zero-order valence-electron chi connectivity index (χ0n) is 11.8. The predicted molar refractivity (Wildman–Crippen MR) is 74.0 cm³/mol. The molecule has 0 aromatic carbocycles. The Morgan fingerprint density at radius 1 is 1.20 bits per heavy atom. The molecule has 0 N–H and O–H groups in total. The molecule has 0 aliphatic carbocycles. The molecule has 1 aromatic rings. The Balaban J connectivity index is 3.06. The first-order valence-electron chi connectivity index (χ1n) is 6.68. The number of hydrogen-bond acceptors (Lipinski definition) is 3. The molecular weight excluding hydrogens is 291 g/mol. The van der Waals surface area contributed by atoms with Gasteiger partial charge in [0.1, 0.15) is 11.0 Å². The van der Waals surface area contributed by atoms with Gasteiger partial charge in [0, 0.05) is 19.2 Å². The Kier molecular flexibility index (Phi) is 6.05. The molecule has 114 valence electrons. The summed E-state index contributed by atoms with van der Waals surface area (Å²) in [7, 11) is 0. The molecule has 1 heterocycles. The molecule has 1 rings (SSSR count). The van der Waals surface area contributed by atoms with Crippen molar-refractivity contribution in [2.45, 2.75) is 39.8 Å². The molecule has 0 aliphatic heterocycles. The highest BCUT2D eigenvalue weighted by molar-refractivity contribution is 6.29. The number of nitrogens with zero attached hydrogens (tertiary/aromatic N) is 3. The monoisotopic (exact) mass is 309 g/mol. The maximum absolute atomic E-state index is 12.7. The summed E-state index contributed by atoms with van der Waals surface area (Å²) in [4.78, 5) is 8.65. The Hall–Kier alpha value is -1.04. The van der Waals surface area contributed by atoms with Gasteiger partial charge in [-0.3, -0.25) is 0 Å². The molecule has 7 heteroatoms. The average Bonchev–Trinajstić information content (AvgIpc) is 2.38. The number of alkyl halides is 3. The van der Waals surface area contributed by atoms with Crippen LogP contribution in [0.2, 0.25) is 5.15 Å². The molecular formula is C13H19ClF3N3. The maximum Gasteiger partial charge on any atom is 0.451 e. The van der Waals surface area contributed by atoms with E-state index in [2.05, 4.69) is 23.8 Å². The summed E-state index contributed by atoms with van der Waals surface area (Å²) in [6, 6.07) is 1.38. The Bertz CT molecular complexity index is 433. The van der Waals surface area contributed by atoms with Gasteiger partial charge in [0.15, 0.2) is 0 Å². The van der Waals surface area contributed by atoms with E-state index in [1.807, 2.05) is 6.92 Å². The molecule has 0 fully saturated rings. The number of hydrogen-bond donors (Lipinski definition) is 0. The van der Waals surface area contributed by atoms with E-state index in [0.717, 1.165) is 12.8 Å². The molecule has 0 atom stereocenters. The smallest absolute Gasteiger partial charge is 0.356 e. The summed E-state index contributed by atoms with van der Waals surface area (Å²) in [6.07, 6.45) is -2.65. The highest BCUT2D eigenvalue weighted by atomic mass is 35.5. The van der Waals surface area contributed by atoms with E-state index >= 15 is 0 Å². The summed E-state index contributed by atoms with van der Waals surface area (Å²) >= 11 is 5.68. The zero-order valence-corrected chi connectivity index (χ0v) is 12.6. The number of rotatable bonds is 6. The summed E-state index contributed by atoms with van der Waals surface area (Å²) < 4.78 is 38.1. The molecule has 0 saturated heterocycles. The van der Waals surface area contributed by atoms with Gasteiger partial charge in [0.25, 0.3) is 0 Å². The largest absolute Gasteiger partial charge is 0.451 e. The second-order valence-corrected chi connectivity index (χ2v) is 4.98. The average molecular weight is 310 g/mol. The lowest BCUT2D eigenvalue weighted by Crippen LogP contribution is -2.30.